The molecule has 1 aliphatic rings. The summed E-state index contributed by atoms with van der Waals surface area (Å²) in [5.41, 5.74) is 3.07. The van der Waals surface area contributed by atoms with E-state index < -0.39 is 11.2 Å². The second-order valence-corrected chi connectivity index (χ2v) is 7.65. The SMILES string of the molecule is COc1ccc(C2(c3ccc(OC)cc3)OC2(c2ccccc2)c2ccccc2)cc1. The zero-order valence-electron chi connectivity index (χ0n) is 17.6. The van der Waals surface area contributed by atoms with Gasteiger partial charge in [-0.15, -0.1) is 0 Å². The summed E-state index contributed by atoms with van der Waals surface area (Å²) in [6.45, 7) is 0. The topological polar surface area (TPSA) is 31.0 Å². The lowest BCUT2D eigenvalue weighted by Gasteiger charge is -2.23. The van der Waals surface area contributed by atoms with Crippen LogP contribution in [0.5, 0.6) is 11.5 Å². The van der Waals surface area contributed by atoms with Crippen LogP contribution in [0.25, 0.3) is 0 Å². The summed E-state index contributed by atoms with van der Waals surface area (Å²) in [4.78, 5) is 0. The Morgan fingerprint density at radius 1 is 0.452 bits per heavy atom. The third-order valence-electron chi connectivity index (χ3n) is 6.11. The van der Waals surface area contributed by atoms with Gasteiger partial charge in [0.15, 0.2) is 11.2 Å². The number of hydrogen-bond acceptors (Lipinski definition) is 3. The van der Waals surface area contributed by atoms with Crippen molar-refractivity contribution in [3.8, 4) is 11.5 Å². The molecule has 1 saturated heterocycles. The Morgan fingerprint density at radius 3 is 1.10 bits per heavy atom. The number of methoxy groups -OCH3 is 2. The van der Waals surface area contributed by atoms with Gasteiger partial charge in [0.05, 0.1) is 14.2 Å². The van der Waals surface area contributed by atoms with Crippen LogP contribution >= 0.6 is 0 Å². The Hall–Kier alpha value is -3.56. The summed E-state index contributed by atoms with van der Waals surface area (Å²) in [6.07, 6.45) is 0. The minimum Gasteiger partial charge on any atom is -0.497 e. The average molecular weight is 408 g/mol. The van der Waals surface area contributed by atoms with E-state index in [4.69, 9.17) is 14.2 Å². The standard InChI is InChI=1S/C28H24O3/c1-29-25-17-13-23(14-18-25)28(24-15-19-26(30-2)20-16-24)27(31-28,21-9-5-3-6-10-21)22-11-7-4-8-12-22/h3-20H,1-2H3. The third-order valence-corrected chi connectivity index (χ3v) is 6.11. The first-order valence-corrected chi connectivity index (χ1v) is 10.3. The van der Waals surface area contributed by atoms with Crippen molar-refractivity contribution in [1.82, 2.24) is 0 Å². The second-order valence-electron chi connectivity index (χ2n) is 7.65. The van der Waals surface area contributed by atoms with Crippen LogP contribution in [0, 0.1) is 0 Å². The summed E-state index contributed by atoms with van der Waals surface area (Å²) in [5.74, 6) is 1.64. The zero-order valence-corrected chi connectivity index (χ0v) is 17.6. The normalized spacial score (nSPS) is 15.8. The van der Waals surface area contributed by atoms with E-state index in [2.05, 4.69) is 72.8 Å². The first-order valence-electron chi connectivity index (χ1n) is 10.3. The second kappa shape index (κ2) is 7.60. The molecular formula is C28H24O3. The Balaban J connectivity index is 1.77. The van der Waals surface area contributed by atoms with Crippen molar-refractivity contribution in [1.29, 1.82) is 0 Å². The van der Waals surface area contributed by atoms with Crippen LogP contribution in [0.3, 0.4) is 0 Å². The van der Waals surface area contributed by atoms with Crippen molar-refractivity contribution >= 4 is 0 Å². The van der Waals surface area contributed by atoms with Gasteiger partial charge in [-0.1, -0.05) is 84.9 Å². The molecule has 4 aromatic carbocycles. The van der Waals surface area contributed by atoms with Gasteiger partial charge in [0.2, 0.25) is 0 Å². The highest BCUT2D eigenvalue weighted by molar-refractivity contribution is 5.58. The molecule has 0 N–H and O–H groups in total. The fraction of sp³-hybridized carbons (Fsp3) is 0.143. The predicted octanol–water partition coefficient (Wildman–Crippen LogP) is 5.92. The molecule has 1 aliphatic heterocycles. The highest BCUT2D eigenvalue weighted by atomic mass is 16.6. The van der Waals surface area contributed by atoms with Gasteiger partial charge in [-0.25, -0.2) is 0 Å². The number of benzene rings is 4. The lowest BCUT2D eigenvalue weighted by Crippen LogP contribution is -2.25. The highest BCUT2D eigenvalue weighted by Crippen LogP contribution is 2.68. The summed E-state index contributed by atoms with van der Waals surface area (Å²) in [7, 11) is 3.36. The van der Waals surface area contributed by atoms with Gasteiger partial charge >= 0.3 is 0 Å². The van der Waals surface area contributed by atoms with E-state index in [9.17, 15) is 0 Å². The maximum Gasteiger partial charge on any atom is 0.157 e. The van der Waals surface area contributed by atoms with Crippen LogP contribution in [-0.2, 0) is 15.9 Å². The van der Waals surface area contributed by atoms with Crippen molar-refractivity contribution in [2.75, 3.05) is 14.2 Å². The molecule has 0 atom stereocenters. The highest BCUT2D eigenvalue weighted by Gasteiger charge is 2.73. The zero-order chi connectivity index (χ0) is 21.3. The van der Waals surface area contributed by atoms with Crippen LogP contribution in [-0.4, -0.2) is 14.2 Å². The molecule has 31 heavy (non-hydrogen) atoms. The van der Waals surface area contributed by atoms with Gasteiger partial charge in [0.25, 0.3) is 0 Å². The minimum atomic E-state index is -0.672. The van der Waals surface area contributed by atoms with Gasteiger partial charge in [-0.05, 0) is 46.5 Å². The van der Waals surface area contributed by atoms with Crippen molar-refractivity contribution in [3.63, 3.8) is 0 Å². The Kier molecular flexibility index (Phi) is 4.76. The number of epoxide rings is 1. The molecular weight excluding hydrogens is 384 g/mol. The molecule has 3 nitrogen and oxygen atoms in total. The summed E-state index contributed by atoms with van der Waals surface area (Å²) >= 11 is 0. The molecule has 0 spiro atoms. The van der Waals surface area contributed by atoms with E-state index in [1.807, 2.05) is 36.4 Å². The third kappa shape index (κ3) is 2.93. The van der Waals surface area contributed by atoms with Crippen molar-refractivity contribution < 1.29 is 14.2 Å². The average Bonchev–Trinajstić information content (AvgIpc) is 3.58. The predicted molar refractivity (Wildman–Crippen MR) is 122 cm³/mol. The van der Waals surface area contributed by atoms with E-state index >= 15 is 0 Å². The molecule has 0 radical (unpaired) electrons. The molecule has 0 unspecified atom stereocenters. The fourth-order valence-electron chi connectivity index (χ4n) is 4.58. The molecule has 0 amide bonds. The summed E-state index contributed by atoms with van der Waals surface area (Å²) in [5, 5.41) is 0. The van der Waals surface area contributed by atoms with Crippen LogP contribution in [0.4, 0.5) is 0 Å². The maximum absolute atomic E-state index is 6.90. The molecule has 0 saturated carbocycles. The number of hydrogen-bond donors (Lipinski definition) is 0. The molecule has 0 bridgehead atoms. The van der Waals surface area contributed by atoms with Gasteiger partial charge in [-0.2, -0.15) is 0 Å². The number of ether oxygens (including phenoxy) is 3. The molecule has 0 aliphatic carbocycles. The number of rotatable bonds is 6. The Bertz CT molecular complexity index is 1060. The van der Waals surface area contributed by atoms with E-state index in [1.54, 1.807) is 14.2 Å². The van der Waals surface area contributed by atoms with Crippen LogP contribution < -0.4 is 9.47 Å². The lowest BCUT2D eigenvalue weighted by molar-refractivity contribution is 0.299. The summed E-state index contributed by atoms with van der Waals surface area (Å²) < 4.78 is 17.7. The van der Waals surface area contributed by atoms with Crippen LogP contribution in [0.15, 0.2) is 109 Å². The molecule has 3 heteroatoms. The van der Waals surface area contributed by atoms with E-state index in [0.29, 0.717) is 0 Å². The molecule has 1 fully saturated rings. The van der Waals surface area contributed by atoms with Crippen LogP contribution in [0.2, 0.25) is 0 Å². The van der Waals surface area contributed by atoms with Crippen molar-refractivity contribution in [2.45, 2.75) is 11.2 Å². The van der Waals surface area contributed by atoms with E-state index in [0.717, 1.165) is 33.8 Å². The van der Waals surface area contributed by atoms with Gasteiger partial charge in [0.1, 0.15) is 11.5 Å². The van der Waals surface area contributed by atoms with Crippen molar-refractivity contribution in [2.24, 2.45) is 0 Å². The molecule has 1 heterocycles. The quantitative estimate of drug-likeness (QED) is 0.371. The molecule has 4 aromatic rings. The van der Waals surface area contributed by atoms with Gasteiger partial charge in [0, 0.05) is 0 Å². The largest absolute Gasteiger partial charge is 0.497 e. The first-order chi connectivity index (χ1) is 15.2. The maximum atomic E-state index is 6.90. The van der Waals surface area contributed by atoms with Crippen LogP contribution in [0.1, 0.15) is 22.3 Å². The smallest absolute Gasteiger partial charge is 0.157 e. The molecule has 5 rings (SSSR count). The lowest BCUT2D eigenvalue weighted by atomic mass is 9.74. The monoisotopic (exact) mass is 408 g/mol. The molecule has 154 valence electrons. The Morgan fingerprint density at radius 2 is 0.774 bits per heavy atom. The molecule has 0 aromatic heterocycles. The Labute approximate surface area is 182 Å². The van der Waals surface area contributed by atoms with Gasteiger partial charge in [-0.3, -0.25) is 0 Å². The first kappa shape index (κ1) is 19.4. The minimum absolute atomic E-state index is 0.640. The van der Waals surface area contributed by atoms with E-state index in [-0.39, 0.29) is 0 Å². The van der Waals surface area contributed by atoms with E-state index in [1.165, 1.54) is 0 Å². The van der Waals surface area contributed by atoms with Crippen molar-refractivity contribution in [3.05, 3.63) is 131 Å². The van der Waals surface area contributed by atoms with Gasteiger partial charge < -0.3 is 14.2 Å². The summed E-state index contributed by atoms with van der Waals surface area (Å²) in [6, 6.07) is 37.2. The fourth-order valence-corrected chi connectivity index (χ4v) is 4.58.